The first kappa shape index (κ1) is 20.5. The first-order valence-corrected chi connectivity index (χ1v) is 9.83. The highest BCUT2D eigenvalue weighted by molar-refractivity contribution is 6.04. The molecule has 1 saturated heterocycles. The Labute approximate surface area is 178 Å². The van der Waals surface area contributed by atoms with Gasteiger partial charge >= 0.3 is 0 Å². The van der Waals surface area contributed by atoms with Gasteiger partial charge in [-0.15, -0.1) is 0 Å². The summed E-state index contributed by atoms with van der Waals surface area (Å²) in [6.45, 7) is 2.13. The predicted octanol–water partition coefficient (Wildman–Crippen LogP) is 3.57. The molecule has 3 aromatic rings. The molecule has 1 fully saturated rings. The van der Waals surface area contributed by atoms with E-state index in [9.17, 15) is 18.4 Å². The summed E-state index contributed by atoms with van der Waals surface area (Å²) in [6, 6.07) is 14.9. The molecule has 6 nitrogen and oxygen atoms in total. The van der Waals surface area contributed by atoms with Crippen molar-refractivity contribution >= 4 is 23.3 Å². The van der Waals surface area contributed by atoms with Crippen molar-refractivity contribution in [3.05, 3.63) is 89.6 Å². The number of aromatic nitrogens is 1. The van der Waals surface area contributed by atoms with Crippen LogP contribution >= 0.6 is 0 Å². The summed E-state index contributed by atoms with van der Waals surface area (Å²) in [6.07, 6.45) is 1.51. The third-order valence-corrected chi connectivity index (χ3v) is 5.09. The maximum atomic E-state index is 13.7. The van der Waals surface area contributed by atoms with E-state index in [0.717, 1.165) is 0 Å². The minimum absolute atomic E-state index is 0.0364. The maximum Gasteiger partial charge on any atom is 0.258 e. The second-order valence-corrected chi connectivity index (χ2v) is 7.13. The van der Waals surface area contributed by atoms with E-state index in [1.54, 1.807) is 29.2 Å². The van der Waals surface area contributed by atoms with Gasteiger partial charge in [-0.3, -0.25) is 9.59 Å². The van der Waals surface area contributed by atoms with E-state index in [2.05, 4.69) is 10.3 Å². The van der Waals surface area contributed by atoms with E-state index >= 15 is 0 Å². The van der Waals surface area contributed by atoms with Crippen LogP contribution in [-0.2, 0) is 0 Å². The summed E-state index contributed by atoms with van der Waals surface area (Å²) < 4.78 is 27.1. The lowest BCUT2D eigenvalue weighted by Gasteiger charge is -2.35. The highest BCUT2D eigenvalue weighted by Gasteiger charge is 2.23. The minimum Gasteiger partial charge on any atom is -0.353 e. The summed E-state index contributed by atoms with van der Waals surface area (Å²) in [4.78, 5) is 32.8. The molecule has 1 aliphatic heterocycles. The average Bonchev–Trinajstić information content (AvgIpc) is 2.79. The lowest BCUT2D eigenvalue weighted by atomic mass is 10.1. The molecule has 0 aliphatic carbocycles. The highest BCUT2D eigenvalue weighted by atomic mass is 19.1. The number of amides is 2. The number of hydrogen-bond acceptors (Lipinski definition) is 4. The molecule has 2 amide bonds. The number of hydrogen-bond donors (Lipinski definition) is 1. The minimum atomic E-state index is -0.588. The lowest BCUT2D eigenvalue weighted by molar-refractivity contribution is 0.0746. The largest absolute Gasteiger partial charge is 0.353 e. The molecule has 0 radical (unpaired) electrons. The number of halogens is 2. The van der Waals surface area contributed by atoms with Gasteiger partial charge in [-0.1, -0.05) is 18.2 Å². The van der Waals surface area contributed by atoms with E-state index in [-0.39, 0.29) is 11.5 Å². The van der Waals surface area contributed by atoms with Crippen molar-refractivity contribution in [2.24, 2.45) is 0 Å². The molecule has 8 heteroatoms. The van der Waals surface area contributed by atoms with Crippen LogP contribution in [0.1, 0.15) is 20.7 Å². The van der Waals surface area contributed by atoms with Crippen LogP contribution in [0.4, 0.5) is 20.3 Å². The van der Waals surface area contributed by atoms with E-state index in [4.69, 9.17) is 0 Å². The molecule has 1 aromatic heterocycles. The quantitative estimate of drug-likeness (QED) is 0.698. The molecule has 0 saturated carbocycles. The Balaban J connectivity index is 1.35. The fraction of sp³-hybridized carbons (Fsp3) is 0.174. The number of rotatable bonds is 4. The van der Waals surface area contributed by atoms with Gasteiger partial charge in [0, 0.05) is 31.7 Å². The molecule has 2 aromatic carbocycles. The van der Waals surface area contributed by atoms with Crippen LogP contribution in [0.2, 0.25) is 0 Å². The standard InChI is InChI=1S/C23H20F2N4O2/c24-17-5-3-4-16(14-17)23(31)29-12-10-28(11-13-29)21-9-8-18(15-26-21)27-22(30)19-6-1-2-7-20(19)25/h1-9,14-15H,10-13H2,(H,27,30). The highest BCUT2D eigenvalue weighted by Crippen LogP contribution is 2.18. The summed E-state index contributed by atoms with van der Waals surface area (Å²) in [5.41, 5.74) is 0.754. The van der Waals surface area contributed by atoms with Gasteiger partial charge in [-0.05, 0) is 42.5 Å². The molecule has 0 atom stereocenters. The van der Waals surface area contributed by atoms with Crippen LogP contribution in [0.25, 0.3) is 0 Å². The molecule has 0 bridgehead atoms. The number of pyridine rings is 1. The Kier molecular flexibility index (Phi) is 5.88. The van der Waals surface area contributed by atoms with Crippen LogP contribution in [-0.4, -0.2) is 47.9 Å². The van der Waals surface area contributed by atoms with Gasteiger partial charge in [-0.25, -0.2) is 13.8 Å². The Bertz CT molecular complexity index is 1100. The molecular weight excluding hydrogens is 402 g/mol. The topological polar surface area (TPSA) is 65.5 Å². The predicted molar refractivity (Wildman–Crippen MR) is 113 cm³/mol. The summed E-state index contributed by atoms with van der Waals surface area (Å²) in [7, 11) is 0. The number of carbonyl (C=O) groups is 2. The van der Waals surface area contributed by atoms with E-state index < -0.39 is 17.5 Å². The van der Waals surface area contributed by atoms with Gasteiger partial charge in [-0.2, -0.15) is 0 Å². The fourth-order valence-corrected chi connectivity index (χ4v) is 3.43. The smallest absolute Gasteiger partial charge is 0.258 e. The Morgan fingerprint density at radius 2 is 1.68 bits per heavy atom. The van der Waals surface area contributed by atoms with Crippen molar-refractivity contribution in [1.82, 2.24) is 9.88 Å². The Morgan fingerprint density at radius 1 is 0.903 bits per heavy atom. The number of benzene rings is 2. The second-order valence-electron chi connectivity index (χ2n) is 7.13. The maximum absolute atomic E-state index is 13.7. The van der Waals surface area contributed by atoms with E-state index in [1.165, 1.54) is 42.6 Å². The third kappa shape index (κ3) is 4.69. The molecule has 1 aliphatic rings. The number of carbonyl (C=O) groups excluding carboxylic acids is 2. The molecule has 4 rings (SSSR count). The van der Waals surface area contributed by atoms with Gasteiger partial charge in [0.05, 0.1) is 17.4 Å². The first-order chi connectivity index (χ1) is 15.0. The second kappa shape index (κ2) is 8.91. The SMILES string of the molecule is O=C(Nc1ccc(N2CCN(C(=O)c3cccc(F)c3)CC2)nc1)c1ccccc1F. The molecule has 0 spiro atoms. The van der Waals surface area contributed by atoms with Gasteiger partial charge in [0.15, 0.2) is 0 Å². The zero-order valence-electron chi connectivity index (χ0n) is 16.6. The first-order valence-electron chi connectivity index (χ1n) is 9.83. The van der Waals surface area contributed by atoms with Gasteiger partial charge < -0.3 is 15.1 Å². The van der Waals surface area contributed by atoms with Crippen LogP contribution in [0.3, 0.4) is 0 Å². The van der Waals surface area contributed by atoms with Gasteiger partial charge in [0.2, 0.25) is 0 Å². The molecule has 158 valence electrons. The van der Waals surface area contributed by atoms with Crippen LogP contribution in [0.15, 0.2) is 66.9 Å². The molecule has 0 unspecified atom stereocenters. The average molecular weight is 422 g/mol. The Morgan fingerprint density at radius 3 is 2.35 bits per heavy atom. The van der Waals surface area contributed by atoms with Crippen molar-refractivity contribution in [1.29, 1.82) is 0 Å². The van der Waals surface area contributed by atoms with Gasteiger partial charge in [0.25, 0.3) is 11.8 Å². The van der Waals surface area contributed by atoms with Crippen molar-refractivity contribution < 1.29 is 18.4 Å². The normalized spacial score (nSPS) is 13.7. The summed E-state index contributed by atoms with van der Waals surface area (Å²) in [5.74, 6) is -1.05. The Hall–Kier alpha value is -3.81. The van der Waals surface area contributed by atoms with Crippen molar-refractivity contribution in [3.63, 3.8) is 0 Å². The van der Waals surface area contributed by atoms with Gasteiger partial charge in [0.1, 0.15) is 17.5 Å². The summed E-state index contributed by atoms with van der Waals surface area (Å²) in [5, 5.41) is 2.63. The molecule has 1 N–H and O–H groups in total. The zero-order chi connectivity index (χ0) is 21.8. The number of anilines is 2. The molecular formula is C23H20F2N4O2. The summed E-state index contributed by atoms with van der Waals surface area (Å²) >= 11 is 0. The van der Waals surface area contributed by atoms with E-state index in [1.807, 2.05) is 4.90 Å². The van der Waals surface area contributed by atoms with Crippen LogP contribution < -0.4 is 10.2 Å². The number of nitrogens with zero attached hydrogens (tertiary/aromatic N) is 3. The number of piperazine rings is 1. The fourth-order valence-electron chi connectivity index (χ4n) is 3.43. The molecule has 2 heterocycles. The van der Waals surface area contributed by atoms with Crippen molar-refractivity contribution in [3.8, 4) is 0 Å². The number of nitrogens with one attached hydrogen (secondary N) is 1. The van der Waals surface area contributed by atoms with Crippen LogP contribution in [0, 0.1) is 11.6 Å². The molecule has 31 heavy (non-hydrogen) atoms. The lowest BCUT2D eigenvalue weighted by Crippen LogP contribution is -2.49. The van der Waals surface area contributed by atoms with Crippen LogP contribution in [0.5, 0.6) is 0 Å². The zero-order valence-corrected chi connectivity index (χ0v) is 16.6. The van der Waals surface area contributed by atoms with E-state index in [0.29, 0.717) is 43.2 Å². The monoisotopic (exact) mass is 422 g/mol. The third-order valence-electron chi connectivity index (χ3n) is 5.09. The van der Waals surface area contributed by atoms with Crippen molar-refractivity contribution in [2.75, 3.05) is 36.4 Å². The van der Waals surface area contributed by atoms with Crippen molar-refractivity contribution in [2.45, 2.75) is 0 Å².